The van der Waals surface area contributed by atoms with Crippen LogP contribution in [0.15, 0.2) is 24.3 Å². The van der Waals surface area contributed by atoms with Crippen molar-refractivity contribution in [3.63, 3.8) is 0 Å². The third-order valence-electron chi connectivity index (χ3n) is 6.09. The third-order valence-corrected chi connectivity index (χ3v) is 11.3. The van der Waals surface area contributed by atoms with E-state index in [2.05, 4.69) is 41.5 Å². The van der Waals surface area contributed by atoms with Gasteiger partial charge in [0.05, 0.1) is 24.7 Å². The smallest absolute Gasteiger partial charge is 0.416 e. The Bertz CT molecular complexity index is 816. The summed E-state index contributed by atoms with van der Waals surface area (Å²) < 4.78 is 32.0. The van der Waals surface area contributed by atoms with Crippen molar-refractivity contribution < 1.29 is 27.6 Å². The van der Waals surface area contributed by atoms with Gasteiger partial charge in [0.25, 0.3) is 0 Å². The molecule has 0 saturated carbocycles. The number of hydrogen-bond acceptors (Lipinski definition) is 5. The number of rotatable bonds is 3. The average molecular weight is 452 g/mol. The van der Waals surface area contributed by atoms with Crippen LogP contribution in [-0.4, -0.2) is 44.2 Å². The summed E-state index contributed by atoms with van der Waals surface area (Å²) in [4.78, 5) is 26.2. The Morgan fingerprint density at radius 3 is 2.16 bits per heavy atom. The zero-order valence-corrected chi connectivity index (χ0v) is 20.5. The van der Waals surface area contributed by atoms with Gasteiger partial charge in [-0.15, -0.1) is 0 Å². The van der Waals surface area contributed by atoms with Crippen molar-refractivity contribution in [3.05, 3.63) is 35.6 Å². The molecule has 6 nitrogen and oxygen atoms in total. The van der Waals surface area contributed by atoms with E-state index in [4.69, 9.17) is 13.6 Å². The third kappa shape index (κ3) is 4.56. The Labute approximate surface area is 185 Å². The van der Waals surface area contributed by atoms with Crippen LogP contribution in [0, 0.1) is 5.82 Å². The average Bonchev–Trinajstić information content (AvgIpc) is 2.98. The van der Waals surface area contributed by atoms with Gasteiger partial charge >= 0.3 is 14.7 Å². The van der Waals surface area contributed by atoms with Crippen LogP contribution in [0.25, 0.3) is 0 Å². The first-order chi connectivity index (χ1) is 14.2. The summed E-state index contributed by atoms with van der Waals surface area (Å²) in [7, 11) is -2.93. The molecule has 2 aliphatic heterocycles. The first-order valence-electron chi connectivity index (χ1n) is 10.8. The minimum Gasteiger partial charge on any atom is -0.447 e. The molecule has 3 rings (SSSR count). The Balaban J connectivity index is 1.95. The van der Waals surface area contributed by atoms with Crippen LogP contribution in [0.3, 0.4) is 0 Å². The molecule has 1 aromatic rings. The molecule has 1 aromatic carbocycles. The van der Waals surface area contributed by atoms with Crippen LogP contribution in [0.4, 0.5) is 9.18 Å². The van der Waals surface area contributed by atoms with Crippen molar-refractivity contribution in [2.45, 2.75) is 89.6 Å². The number of amides is 2. The van der Waals surface area contributed by atoms with E-state index in [1.807, 2.05) is 0 Å². The van der Waals surface area contributed by atoms with E-state index >= 15 is 0 Å². The molecule has 0 aromatic heterocycles. The van der Waals surface area contributed by atoms with E-state index in [0.717, 1.165) is 5.56 Å². The van der Waals surface area contributed by atoms with Crippen molar-refractivity contribution >= 4 is 20.6 Å². The zero-order valence-electron chi connectivity index (χ0n) is 19.5. The molecular formula is C23H34FNO5Si. The fourth-order valence-electron chi connectivity index (χ4n) is 4.79. The van der Waals surface area contributed by atoms with E-state index in [0.29, 0.717) is 6.42 Å². The van der Waals surface area contributed by atoms with E-state index < -0.39 is 20.8 Å². The molecule has 3 atom stereocenters. The summed E-state index contributed by atoms with van der Waals surface area (Å²) in [6.45, 7) is 14.6. The van der Waals surface area contributed by atoms with Crippen molar-refractivity contribution in [2.75, 3.05) is 6.61 Å². The lowest BCUT2D eigenvalue weighted by Gasteiger charge is -2.55. The van der Waals surface area contributed by atoms with E-state index in [-0.39, 0.29) is 47.0 Å². The second kappa shape index (κ2) is 8.29. The normalized spacial score (nSPS) is 26.6. The Kier molecular flexibility index (Phi) is 6.39. The van der Waals surface area contributed by atoms with Crippen molar-refractivity contribution in [2.24, 2.45) is 0 Å². The predicted octanol–water partition coefficient (Wildman–Crippen LogP) is 5.47. The number of nitrogens with zero attached hydrogens (tertiary/aromatic N) is 1. The largest absolute Gasteiger partial charge is 0.447 e. The summed E-state index contributed by atoms with van der Waals surface area (Å²) in [5, 5.41) is -0.573. The van der Waals surface area contributed by atoms with Crippen molar-refractivity contribution in [3.8, 4) is 0 Å². The summed E-state index contributed by atoms with van der Waals surface area (Å²) in [5.74, 6) is -0.607. The maximum atomic E-state index is 13.5. The molecular weight excluding hydrogens is 417 g/mol. The van der Waals surface area contributed by atoms with Crippen molar-refractivity contribution in [1.29, 1.82) is 0 Å². The van der Waals surface area contributed by atoms with Crippen LogP contribution in [0.1, 0.15) is 73.0 Å². The van der Waals surface area contributed by atoms with E-state index in [1.54, 1.807) is 19.1 Å². The number of carbonyl (C=O) groups excluding carboxylic acids is 2. The second-order valence-corrected chi connectivity index (χ2v) is 15.3. The van der Waals surface area contributed by atoms with Gasteiger partial charge in [0, 0.05) is 16.5 Å². The maximum Gasteiger partial charge on any atom is 0.416 e. The second-order valence-electron chi connectivity index (χ2n) is 10.6. The minimum absolute atomic E-state index is 0.0708. The number of hydrogen-bond donors (Lipinski definition) is 0. The van der Waals surface area contributed by atoms with Crippen LogP contribution >= 0.6 is 0 Å². The molecule has 0 N–H and O–H groups in total. The summed E-state index contributed by atoms with van der Waals surface area (Å²) in [6, 6.07) is 6.02. The standard InChI is InChI=1S/C23H34FNO5Si/c1-15-14-28-21(27)25(15)20(26)13-18-12-19(16-8-10-17(24)11-9-16)30-31(29-18,22(2,3)4)23(5,6)7/h8-11,15,18-19H,12-14H2,1-7H3/t15-,18+,19-/m0/s1. The molecule has 2 fully saturated rings. The summed E-state index contributed by atoms with van der Waals surface area (Å²) in [5.41, 5.74) is 0.862. The summed E-state index contributed by atoms with van der Waals surface area (Å²) >= 11 is 0. The van der Waals surface area contributed by atoms with Crippen LogP contribution in [-0.2, 0) is 18.4 Å². The fourth-order valence-corrected chi connectivity index (χ4v) is 9.79. The van der Waals surface area contributed by atoms with Gasteiger partial charge < -0.3 is 13.6 Å². The van der Waals surface area contributed by atoms with Crippen LogP contribution in [0.2, 0.25) is 10.1 Å². The molecule has 31 heavy (non-hydrogen) atoms. The molecule has 2 saturated heterocycles. The SMILES string of the molecule is C[C@H]1COC(=O)N1C(=O)C[C@H]1C[C@@H](c2ccc(F)cc2)O[Si](C(C)(C)C)(C(C)(C)C)O1. The first-order valence-corrected chi connectivity index (χ1v) is 12.7. The van der Waals surface area contributed by atoms with Gasteiger partial charge in [0.2, 0.25) is 5.91 Å². The lowest BCUT2D eigenvalue weighted by atomic mass is 10.0. The molecule has 2 amide bonds. The molecule has 8 heteroatoms. The maximum absolute atomic E-state index is 13.5. The molecule has 0 aliphatic carbocycles. The first kappa shape index (κ1) is 23.9. The number of benzene rings is 1. The number of imide groups is 1. The highest BCUT2D eigenvalue weighted by Crippen LogP contribution is 2.57. The van der Waals surface area contributed by atoms with Gasteiger partial charge in [0.15, 0.2) is 0 Å². The molecule has 172 valence electrons. The molecule has 2 aliphatic rings. The van der Waals surface area contributed by atoms with Gasteiger partial charge in [-0.3, -0.25) is 4.79 Å². The molecule has 0 unspecified atom stereocenters. The number of carbonyl (C=O) groups is 2. The van der Waals surface area contributed by atoms with E-state index in [9.17, 15) is 14.0 Å². The number of halogens is 1. The highest BCUT2D eigenvalue weighted by molar-refractivity contribution is 6.73. The van der Waals surface area contributed by atoms with E-state index in [1.165, 1.54) is 17.0 Å². The minimum atomic E-state index is -2.93. The van der Waals surface area contributed by atoms with Gasteiger partial charge in [-0.25, -0.2) is 14.1 Å². The molecule has 0 spiro atoms. The van der Waals surface area contributed by atoms with Crippen LogP contribution < -0.4 is 0 Å². The van der Waals surface area contributed by atoms with Crippen molar-refractivity contribution in [1.82, 2.24) is 4.90 Å². The Hall–Kier alpha value is -1.77. The topological polar surface area (TPSA) is 65.1 Å². The highest BCUT2D eigenvalue weighted by Gasteiger charge is 2.62. The van der Waals surface area contributed by atoms with Gasteiger partial charge in [0.1, 0.15) is 12.4 Å². The fraction of sp³-hybridized carbons (Fsp3) is 0.652. The highest BCUT2D eigenvalue weighted by atomic mass is 28.4. The quantitative estimate of drug-likeness (QED) is 0.570. The number of ether oxygens (including phenoxy) is 1. The Morgan fingerprint density at radius 2 is 1.68 bits per heavy atom. The Morgan fingerprint density at radius 1 is 1.10 bits per heavy atom. The van der Waals surface area contributed by atoms with Gasteiger partial charge in [-0.05, 0) is 24.6 Å². The van der Waals surface area contributed by atoms with Gasteiger partial charge in [-0.2, -0.15) is 0 Å². The zero-order chi connectivity index (χ0) is 23.2. The van der Waals surface area contributed by atoms with Gasteiger partial charge in [-0.1, -0.05) is 53.7 Å². The molecule has 2 heterocycles. The molecule has 0 radical (unpaired) electrons. The monoisotopic (exact) mass is 451 g/mol. The number of cyclic esters (lactones) is 1. The lowest BCUT2D eigenvalue weighted by Crippen LogP contribution is -2.62. The summed E-state index contributed by atoms with van der Waals surface area (Å²) in [6.07, 6.45) is -0.811. The predicted molar refractivity (Wildman–Crippen MR) is 117 cm³/mol. The van der Waals surface area contributed by atoms with Crippen LogP contribution in [0.5, 0.6) is 0 Å². The molecule has 0 bridgehead atoms. The lowest BCUT2D eigenvalue weighted by molar-refractivity contribution is -0.132.